The number of anilines is 2. The van der Waals surface area contributed by atoms with Gasteiger partial charge < -0.3 is 5.32 Å². The van der Waals surface area contributed by atoms with Crippen molar-refractivity contribution in [3.8, 4) is 0 Å². The van der Waals surface area contributed by atoms with E-state index >= 15 is 0 Å². The minimum Gasteiger partial charge on any atom is -0.321 e. The van der Waals surface area contributed by atoms with Gasteiger partial charge in [0.15, 0.2) is 0 Å². The molecule has 0 radical (unpaired) electrons. The molecule has 0 aliphatic rings. The molecule has 0 heterocycles. The van der Waals surface area contributed by atoms with Crippen molar-refractivity contribution in [2.75, 3.05) is 15.9 Å². The summed E-state index contributed by atoms with van der Waals surface area (Å²) < 4.78 is 26.3. The summed E-state index contributed by atoms with van der Waals surface area (Å²) in [6.07, 6.45) is 1.19. The van der Waals surface area contributed by atoms with E-state index in [2.05, 4.69) is 5.32 Å². The molecule has 6 heteroatoms. The van der Waals surface area contributed by atoms with Gasteiger partial charge in [0.2, 0.25) is 10.0 Å². The van der Waals surface area contributed by atoms with E-state index in [1.54, 1.807) is 24.3 Å². The second-order valence-electron chi connectivity index (χ2n) is 7.72. The van der Waals surface area contributed by atoms with Crippen molar-refractivity contribution >= 4 is 38.1 Å². The fraction of sp³-hybridized carbons (Fsp3) is 0.115. The van der Waals surface area contributed by atoms with Gasteiger partial charge in [0, 0.05) is 16.6 Å². The molecule has 5 nitrogen and oxygen atoms in total. The summed E-state index contributed by atoms with van der Waals surface area (Å²) >= 11 is 0. The summed E-state index contributed by atoms with van der Waals surface area (Å²) in [7, 11) is -3.51. The molecule has 1 amide bonds. The number of carbonyl (C=O) groups excluding carboxylic acids is 1. The number of sulfonamides is 1. The Labute approximate surface area is 188 Å². The molecule has 4 aromatic carbocycles. The predicted molar refractivity (Wildman–Crippen MR) is 131 cm³/mol. The van der Waals surface area contributed by atoms with Crippen molar-refractivity contribution < 1.29 is 13.2 Å². The smallest absolute Gasteiger partial charge is 0.255 e. The van der Waals surface area contributed by atoms with Crippen LogP contribution >= 0.6 is 0 Å². The first-order valence-corrected chi connectivity index (χ1v) is 12.1. The van der Waals surface area contributed by atoms with Gasteiger partial charge in [-0.15, -0.1) is 0 Å². The normalized spacial score (nSPS) is 11.3. The molecular weight excluding hydrogens is 420 g/mol. The lowest BCUT2D eigenvalue weighted by Gasteiger charge is -2.23. The minimum absolute atomic E-state index is 0.229. The lowest BCUT2D eigenvalue weighted by Crippen LogP contribution is -2.29. The number of nitrogens with one attached hydrogen (secondary N) is 1. The summed E-state index contributed by atoms with van der Waals surface area (Å²) in [5, 5.41) is 4.96. The van der Waals surface area contributed by atoms with E-state index in [1.807, 2.05) is 73.7 Å². The molecule has 0 bridgehead atoms. The largest absolute Gasteiger partial charge is 0.321 e. The van der Waals surface area contributed by atoms with Crippen LogP contribution in [0.2, 0.25) is 0 Å². The van der Waals surface area contributed by atoms with Crippen LogP contribution < -0.4 is 9.62 Å². The average Bonchev–Trinajstić information content (AvgIpc) is 2.78. The highest BCUT2D eigenvalue weighted by molar-refractivity contribution is 7.92. The SMILES string of the molecule is Cc1ccccc1CN(c1ccc(C(=O)Nc2cccc3ccccc23)cc1)S(C)(=O)=O. The number of hydrogen-bond donors (Lipinski definition) is 1. The Kier molecular flexibility index (Phi) is 5.97. The average molecular weight is 445 g/mol. The maximum atomic E-state index is 12.8. The van der Waals surface area contributed by atoms with Gasteiger partial charge in [-0.05, 0) is 53.8 Å². The Morgan fingerprint density at radius 3 is 2.22 bits per heavy atom. The Balaban J connectivity index is 1.58. The number of amides is 1. The zero-order valence-corrected chi connectivity index (χ0v) is 18.8. The number of rotatable bonds is 6. The molecule has 0 aliphatic carbocycles. The third-order valence-corrected chi connectivity index (χ3v) is 6.57. The van der Waals surface area contributed by atoms with Crippen LogP contribution in [0.15, 0.2) is 91.0 Å². The van der Waals surface area contributed by atoms with Crippen molar-refractivity contribution in [2.45, 2.75) is 13.5 Å². The first kappa shape index (κ1) is 21.6. The summed E-state index contributed by atoms with van der Waals surface area (Å²) in [6, 6.07) is 27.9. The lowest BCUT2D eigenvalue weighted by atomic mass is 10.1. The van der Waals surface area contributed by atoms with Crippen LogP contribution in [0.3, 0.4) is 0 Å². The van der Waals surface area contributed by atoms with Gasteiger partial charge in [-0.3, -0.25) is 9.10 Å². The molecular formula is C26H24N2O3S. The van der Waals surface area contributed by atoms with Gasteiger partial charge in [-0.2, -0.15) is 0 Å². The van der Waals surface area contributed by atoms with Crippen LogP contribution in [0, 0.1) is 6.92 Å². The summed E-state index contributed by atoms with van der Waals surface area (Å²) in [5.41, 5.74) is 3.64. The first-order chi connectivity index (χ1) is 15.3. The zero-order chi connectivity index (χ0) is 22.7. The second-order valence-corrected chi connectivity index (χ2v) is 9.63. The third kappa shape index (κ3) is 4.65. The van der Waals surface area contributed by atoms with Gasteiger partial charge in [-0.1, -0.05) is 60.7 Å². The Bertz CT molecular complexity index is 1370. The van der Waals surface area contributed by atoms with Gasteiger partial charge >= 0.3 is 0 Å². The molecule has 0 aromatic heterocycles. The molecule has 1 N–H and O–H groups in total. The van der Waals surface area contributed by atoms with E-state index in [0.29, 0.717) is 11.3 Å². The molecule has 0 spiro atoms. The molecule has 0 unspecified atom stereocenters. The highest BCUT2D eigenvalue weighted by atomic mass is 32.2. The fourth-order valence-electron chi connectivity index (χ4n) is 3.65. The molecule has 0 saturated carbocycles. The molecule has 32 heavy (non-hydrogen) atoms. The van der Waals surface area contributed by atoms with Crippen molar-refractivity contribution in [1.29, 1.82) is 0 Å². The monoisotopic (exact) mass is 444 g/mol. The van der Waals surface area contributed by atoms with E-state index in [4.69, 9.17) is 0 Å². The number of benzene rings is 4. The Hall–Kier alpha value is -3.64. The number of nitrogens with zero attached hydrogens (tertiary/aromatic N) is 1. The van der Waals surface area contributed by atoms with Gasteiger partial charge in [0.25, 0.3) is 5.91 Å². The van der Waals surface area contributed by atoms with Gasteiger partial charge in [0.1, 0.15) is 0 Å². The molecule has 0 aliphatic heterocycles. The maximum absolute atomic E-state index is 12.8. The standard InChI is InChI=1S/C26H24N2O3S/c1-19-8-3-4-10-22(19)18-28(32(2,30)31)23-16-14-21(15-17-23)26(29)27-25-13-7-11-20-9-5-6-12-24(20)25/h3-17H,18H2,1-2H3,(H,27,29). The van der Waals surface area contributed by atoms with Gasteiger partial charge in [-0.25, -0.2) is 8.42 Å². The van der Waals surface area contributed by atoms with E-state index in [9.17, 15) is 13.2 Å². The first-order valence-electron chi connectivity index (χ1n) is 10.2. The summed E-state index contributed by atoms with van der Waals surface area (Å²) in [5.74, 6) is -0.252. The van der Waals surface area contributed by atoms with Crippen LogP contribution in [0.1, 0.15) is 21.5 Å². The van der Waals surface area contributed by atoms with Crippen molar-refractivity contribution in [3.05, 3.63) is 108 Å². The zero-order valence-electron chi connectivity index (χ0n) is 17.9. The van der Waals surface area contributed by atoms with Crippen LogP contribution in [0.25, 0.3) is 10.8 Å². The van der Waals surface area contributed by atoms with E-state index in [0.717, 1.165) is 27.6 Å². The quantitative estimate of drug-likeness (QED) is 0.435. The number of fused-ring (bicyclic) bond motifs is 1. The second kappa shape index (κ2) is 8.85. The third-order valence-electron chi connectivity index (χ3n) is 5.43. The number of hydrogen-bond acceptors (Lipinski definition) is 3. The fourth-order valence-corrected chi connectivity index (χ4v) is 4.53. The van der Waals surface area contributed by atoms with Crippen molar-refractivity contribution in [3.63, 3.8) is 0 Å². The topological polar surface area (TPSA) is 66.5 Å². The minimum atomic E-state index is -3.51. The van der Waals surface area contributed by atoms with Gasteiger partial charge in [0.05, 0.1) is 18.5 Å². The highest BCUT2D eigenvalue weighted by Crippen LogP contribution is 2.25. The maximum Gasteiger partial charge on any atom is 0.255 e. The molecule has 4 aromatic rings. The van der Waals surface area contributed by atoms with Crippen molar-refractivity contribution in [2.24, 2.45) is 0 Å². The molecule has 162 valence electrons. The molecule has 0 saturated heterocycles. The van der Waals surface area contributed by atoms with Crippen LogP contribution in [-0.4, -0.2) is 20.6 Å². The van der Waals surface area contributed by atoms with Crippen molar-refractivity contribution in [1.82, 2.24) is 0 Å². The predicted octanol–water partition coefficient (Wildman–Crippen LogP) is 5.37. The lowest BCUT2D eigenvalue weighted by molar-refractivity contribution is 0.102. The Morgan fingerprint density at radius 1 is 0.844 bits per heavy atom. The van der Waals surface area contributed by atoms with E-state index in [1.165, 1.54) is 10.6 Å². The van der Waals surface area contributed by atoms with Crippen LogP contribution in [0.5, 0.6) is 0 Å². The van der Waals surface area contributed by atoms with E-state index in [-0.39, 0.29) is 12.5 Å². The summed E-state index contributed by atoms with van der Waals surface area (Å²) in [6.45, 7) is 2.18. The number of aryl methyl sites for hydroxylation is 1. The van der Waals surface area contributed by atoms with Crippen LogP contribution in [0.4, 0.5) is 11.4 Å². The molecule has 0 fully saturated rings. The highest BCUT2D eigenvalue weighted by Gasteiger charge is 2.19. The number of carbonyl (C=O) groups is 1. The molecule has 4 rings (SSSR count). The summed E-state index contributed by atoms with van der Waals surface area (Å²) in [4.78, 5) is 12.8. The van der Waals surface area contributed by atoms with Crippen LogP contribution in [-0.2, 0) is 16.6 Å². The molecule has 0 atom stereocenters. The van der Waals surface area contributed by atoms with E-state index < -0.39 is 10.0 Å². The Morgan fingerprint density at radius 2 is 1.50 bits per heavy atom.